The summed E-state index contributed by atoms with van der Waals surface area (Å²) in [5, 5.41) is 0. The summed E-state index contributed by atoms with van der Waals surface area (Å²) in [6.45, 7) is 1.01. The van der Waals surface area contributed by atoms with E-state index in [9.17, 15) is 13.2 Å². The van der Waals surface area contributed by atoms with E-state index in [-0.39, 0.29) is 11.4 Å². The van der Waals surface area contributed by atoms with Crippen LogP contribution in [0.1, 0.15) is 17.2 Å². The zero-order valence-electron chi connectivity index (χ0n) is 11.3. The summed E-state index contributed by atoms with van der Waals surface area (Å²) < 4.78 is 40.3. The lowest BCUT2D eigenvalue weighted by Gasteiger charge is -2.24. The highest BCUT2D eigenvalue weighted by molar-refractivity contribution is 5.58. The van der Waals surface area contributed by atoms with Crippen LogP contribution in [-0.2, 0) is 6.42 Å². The Morgan fingerprint density at radius 3 is 2.57 bits per heavy atom. The number of benzene rings is 2. The van der Waals surface area contributed by atoms with Crippen LogP contribution in [0.2, 0.25) is 0 Å². The molecule has 0 amide bonds. The van der Waals surface area contributed by atoms with Gasteiger partial charge >= 0.3 is 0 Å². The molecule has 1 aliphatic heterocycles. The van der Waals surface area contributed by atoms with Crippen molar-refractivity contribution in [3.8, 4) is 0 Å². The second kappa shape index (κ2) is 5.41. The van der Waals surface area contributed by atoms with E-state index in [2.05, 4.69) is 0 Å². The fraction of sp³-hybridized carbons (Fsp3) is 0.250. The van der Waals surface area contributed by atoms with Crippen LogP contribution in [0.25, 0.3) is 0 Å². The minimum Gasteiger partial charge on any atom is -0.369 e. The Hall–Kier alpha value is -2.01. The summed E-state index contributed by atoms with van der Waals surface area (Å²) in [5.41, 5.74) is 7.96. The van der Waals surface area contributed by atoms with Crippen LogP contribution in [-0.4, -0.2) is 13.1 Å². The van der Waals surface area contributed by atoms with Gasteiger partial charge < -0.3 is 10.6 Å². The molecular weight excluding hydrogens is 277 g/mol. The molecule has 0 saturated heterocycles. The highest BCUT2D eigenvalue weighted by Gasteiger charge is 2.23. The SMILES string of the molecule is NC(CN1CCc2ccc(F)cc21)c1cc(F)ccc1F. The van der Waals surface area contributed by atoms with Crippen molar-refractivity contribution in [3.63, 3.8) is 0 Å². The van der Waals surface area contributed by atoms with Gasteiger partial charge in [0.15, 0.2) is 0 Å². The van der Waals surface area contributed by atoms with Gasteiger partial charge in [-0.15, -0.1) is 0 Å². The van der Waals surface area contributed by atoms with Gasteiger partial charge in [0.05, 0.1) is 6.04 Å². The lowest BCUT2D eigenvalue weighted by molar-refractivity contribution is 0.558. The van der Waals surface area contributed by atoms with Gasteiger partial charge in [-0.25, -0.2) is 13.2 Å². The van der Waals surface area contributed by atoms with Crippen molar-refractivity contribution in [1.82, 2.24) is 0 Å². The predicted octanol–water partition coefficient (Wildman–Crippen LogP) is 3.17. The molecule has 2 nitrogen and oxygen atoms in total. The van der Waals surface area contributed by atoms with Gasteiger partial charge in [0.1, 0.15) is 17.5 Å². The number of halogens is 3. The Morgan fingerprint density at radius 1 is 1.05 bits per heavy atom. The van der Waals surface area contributed by atoms with Crippen LogP contribution >= 0.6 is 0 Å². The van der Waals surface area contributed by atoms with E-state index < -0.39 is 17.7 Å². The molecule has 1 unspecified atom stereocenters. The van der Waals surface area contributed by atoms with Crippen LogP contribution in [0.4, 0.5) is 18.9 Å². The number of hydrogen-bond donors (Lipinski definition) is 1. The van der Waals surface area contributed by atoms with Crippen LogP contribution in [0, 0.1) is 17.5 Å². The fourth-order valence-corrected chi connectivity index (χ4v) is 2.74. The number of fused-ring (bicyclic) bond motifs is 1. The predicted molar refractivity (Wildman–Crippen MR) is 75.6 cm³/mol. The molecule has 1 aliphatic rings. The largest absolute Gasteiger partial charge is 0.369 e. The van der Waals surface area contributed by atoms with Crippen LogP contribution in [0.3, 0.4) is 0 Å². The Kier molecular flexibility index (Phi) is 3.59. The van der Waals surface area contributed by atoms with E-state index in [1.807, 2.05) is 4.90 Å². The second-order valence-electron chi connectivity index (χ2n) is 5.24. The minimum atomic E-state index is -0.671. The minimum absolute atomic E-state index is 0.139. The van der Waals surface area contributed by atoms with Crippen molar-refractivity contribution in [2.24, 2.45) is 5.73 Å². The topological polar surface area (TPSA) is 29.3 Å². The molecular formula is C16H15F3N2. The molecule has 0 radical (unpaired) electrons. The first kappa shape index (κ1) is 13.9. The van der Waals surface area contributed by atoms with E-state index in [1.54, 1.807) is 6.07 Å². The van der Waals surface area contributed by atoms with Crippen molar-refractivity contribution in [2.45, 2.75) is 12.5 Å². The molecule has 0 aliphatic carbocycles. The van der Waals surface area contributed by atoms with Crippen molar-refractivity contribution >= 4 is 5.69 Å². The zero-order chi connectivity index (χ0) is 15.0. The molecule has 0 fully saturated rings. The van der Waals surface area contributed by atoms with Gasteiger partial charge in [0.2, 0.25) is 0 Å². The van der Waals surface area contributed by atoms with Crippen molar-refractivity contribution in [2.75, 3.05) is 18.0 Å². The molecule has 2 aromatic carbocycles. The molecule has 110 valence electrons. The normalized spacial score (nSPS) is 15.1. The molecule has 2 N–H and O–H groups in total. The van der Waals surface area contributed by atoms with E-state index in [0.29, 0.717) is 13.1 Å². The van der Waals surface area contributed by atoms with Crippen molar-refractivity contribution < 1.29 is 13.2 Å². The standard InChI is InChI=1S/C16H15F3N2/c17-11-3-4-14(19)13(7-11)15(20)9-21-6-5-10-1-2-12(18)8-16(10)21/h1-4,7-8,15H,5-6,9,20H2. The van der Waals surface area contributed by atoms with E-state index in [1.165, 1.54) is 12.1 Å². The van der Waals surface area contributed by atoms with E-state index in [0.717, 1.165) is 35.9 Å². The highest BCUT2D eigenvalue weighted by Crippen LogP contribution is 2.30. The van der Waals surface area contributed by atoms with E-state index >= 15 is 0 Å². The van der Waals surface area contributed by atoms with Gasteiger partial charge in [-0.3, -0.25) is 0 Å². The Labute approximate surface area is 121 Å². The number of rotatable bonds is 3. The summed E-state index contributed by atoms with van der Waals surface area (Å²) in [7, 11) is 0. The quantitative estimate of drug-likeness (QED) is 0.941. The highest BCUT2D eigenvalue weighted by atomic mass is 19.1. The number of hydrogen-bond acceptors (Lipinski definition) is 2. The maximum absolute atomic E-state index is 13.7. The van der Waals surface area contributed by atoms with Crippen molar-refractivity contribution in [3.05, 3.63) is 65.0 Å². The molecule has 3 rings (SSSR count). The third kappa shape index (κ3) is 2.74. The molecule has 0 spiro atoms. The molecule has 21 heavy (non-hydrogen) atoms. The maximum atomic E-state index is 13.7. The van der Waals surface area contributed by atoms with Crippen LogP contribution in [0.15, 0.2) is 36.4 Å². The summed E-state index contributed by atoms with van der Waals surface area (Å²) in [5.74, 6) is -1.36. The smallest absolute Gasteiger partial charge is 0.128 e. The lowest BCUT2D eigenvalue weighted by Crippen LogP contribution is -2.31. The van der Waals surface area contributed by atoms with Crippen LogP contribution in [0.5, 0.6) is 0 Å². The van der Waals surface area contributed by atoms with E-state index in [4.69, 9.17) is 5.73 Å². The van der Waals surface area contributed by atoms with Gasteiger partial charge in [-0.05, 0) is 42.3 Å². The number of nitrogens with zero attached hydrogens (tertiary/aromatic N) is 1. The maximum Gasteiger partial charge on any atom is 0.128 e. The average molecular weight is 292 g/mol. The monoisotopic (exact) mass is 292 g/mol. The third-order valence-corrected chi connectivity index (χ3v) is 3.81. The molecule has 1 heterocycles. The average Bonchev–Trinajstić information content (AvgIpc) is 2.84. The fourth-order valence-electron chi connectivity index (χ4n) is 2.74. The summed E-state index contributed by atoms with van der Waals surface area (Å²) >= 11 is 0. The molecule has 1 atom stereocenters. The van der Waals surface area contributed by atoms with Gasteiger partial charge in [0.25, 0.3) is 0 Å². The van der Waals surface area contributed by atoms with Gasteiger partial charge in [-0.1, -0.05) is 6.07 Å². The summed E-state index contributed by atoms with van der Waals surface area (Å²) in [6.07, 6.45) is 0.800. The third-order valence-electron chi connectivity index (χ3n) is 3.81. The van der Waals surface area contributed by atoms with Crippen molar-refractivity contribution in [1.29, 1.82) is 0 Å². The zero-order valence-corrected chi connectivity index (χ0v) is 11.3. The van der Waals surface area contributed by atoms with Gasteiger partial charge in [-0.2, -0.15) is 0 Å². The Bertz CT molecular complexity index is 673. The van der Waals surface area contributed by atoms with Gasteiger partial charge in [0, 0.05) is 24.3 Å². The molecule has 2 aromatic rings. The molecule has 0 bridgehead atoms. The molecule has 5 heteroatoms. The van der Waals surface area contributed by atoms with Crippen LogP contribution < -0.4 is 10.6 Å². The summed E-state index contributed by atoms with van der Waals surface area (Å²) in [4.78, 5) is 1.91. The molecule has 0 saturated carbocycles. The lowest BCUT2D eigenvalue weighted by atomic mass is 10.1. The number of anilines is 1. The Balaban J connectivity index is 1.82. The number of nitrogens with two attached hydrogens (primary N) is 1. The second-order valence-corrected chi connectivity index (χ2v) is 5.24. The first-order valence-electron chi connectivity index (χ1n) is 6.78. The molecule has 0 aromatic heterocycles. The first-order valence-corrected chi connectivity index (χ1v) is 6.78. The Morgan fingerprint density at radius 2 is 1.76 bits per heavy atom. The first-order chi connectivity index (χ1) is 10.0. The summed E-state index contributed by atoms with van der Waals surface area (Å²) in [6, 6.07) is 7.20.